The Labute approximate surface area is 95.3 Å². The quantitative estimate of drug-likeness (QED) is 0.766. The molecule has 5 heteroatoms. The van der Waals surface area contributed by atoms with Crippen LogP contribution in [-0.2, 0) is 4.65 Å². The Kier molecular flexibility index (Phi) is 4.77. The maximum atomic E-state index is 13.3. The second-order valence-corrected chi connectivity index (χ2v) is 3.97. The molecule has 0 unspecified atom stereocenters. The summed E-state index contributed by atoms with van der Waals surface area (Å²) < 4.78 is 23.3. The number of rotatable bonds is 5. The molecule has 0 heterocycles. The van der Waals surface area contributed by atoms with Crippen molar-refractivity contribution in [1.82, 2.24) is 0 Å². The maximum absolute atomic E-state index is 13.3. The van der Waals surface area contributed by atoms with E-state index in [9.17, 15) is 9.41 Å². The molecular weight excluding hydrogens is 210 g/mol. The first-order valence-corrected chi connectivity index (χ1v) is 5.17. The number of hydrogen-bond acceptors (Lipinski definition) is 3. The predicted molar refractivity (Wildman–Crippen MR) is 61.3 cm³/mol. The van der Waals surface area contributed by atoms with Gasteiger partial charge in [0.05, 0.1) is 7.11 Å². The summed E-state index contributed by atoms with van der Waals surface area (Å²) in [6.45, 7) is 4.37. The van der Waals surface area contributed by atoms with Crippen LogP contribution in [-0.4, -0.2) is 25.9 Å². The third-order valence-electron chi connectivity index (χ3n) is 2.05. The number of halogens is 1. The minimum atomic E-state index is -1.09. The predicted octanol–water partition coefficient (Wildman–Crippen LogP) is 1.19. The van der Waals surface area contributed by atoms with Gasteiger partial charge in [0.15, 0.2) is 11.6 Å². The van der Waals surface area contributed by atoms with Gasteiger partial charge >= 0.3 is 7.12 Å². The Morgan fingerprint density at radius 2 is 2.12 bits per heavy atom. The number of methoxy groups -OCH3 is 1. The van der Waals surface area contributed by atoms with Gasteiger partial charge in [-0.15, -0.1) is 0 Å². The molecule has 1 aromatic rings. The highest BCUT2D eigenvalue weighted by molar-refractivity contribution is 6.59. The van der Waals surface area contributed by atoms with E-state index in [1.54, 1.807) is 6.07 Å². The van der Waals surface area contributed by atoms with Crippen molar-refractivity contribution >= 4 is 12.6 Å². The molecule has 1 aromatic carbocycles. The lowest BCUT2D eigenvalue weighted by atomic mass is 9.79. The molecule has 0 bridgehead atoms. The Bertz CT molecular complexity index is 344. The van der Waals surface area contributed by atoms with Crippen molar-refractivity contribution in [3.8, 4) is 5.75 Å². The van der Waals surface area contributed by atoms with Crippen molar-refractivity contribution in [2.75, 3.05) is 13.7 Å². The molecule has 0 radical (unpaired) electrons. The van der Waals surface area contributed by atoms with Gasteiger partial charge < -0.3 is 14.4 Å². The van der Waals surface area contributed by atoms with E-state index in [-0.39, 0.29) is 5.75 Å². The number of ether oxygens (including phenoxy) is 1. The zero-order valence-electron chi connectivity index (χ0n) is 9.74. The molecular formula is C11H16BFO3. The first-order chi connectivity index (χ1) is 7.54. The zero-order valence-corrected chi connectivity index (χ0v) is 9.74. The van der Waals surface area contributed by atoms with Gasteiger partial charge in [0.25, 0.3) is 0 Å². The Hall–Kier alpha value is -1.07. The Balaban J connectivity index is 2.69. The summed E-state index contributed by atoms with van der Waals surface area (Å²) in [5.41, 5.74) is 0.388. The largest absolute Gasteiger partial charge is 0.494 e. The van der Waals surface area contributed by atoms with Crippen LogP contribution in [0.4, 0.5) is 4.39 Å². The van der Waals surface area contributed by atoms with Gasteiger partial charge in [-0.3, -0.25) is 0 Å². The van der Waals surface area contributed by atoms with Crippen molar-refractivity contribution in [2.24, 2.45) is 5.92 Å². The highest BCUT2D eigenvalue weighted by Gasteiger charge is 2.18. The molecule has 0 spiro atoms. The molecule has 0 aliphatic carbocycles. The van der Waals surface area contributed by atoms with Gasteiger partial charge in [-0.2, -0.15) is 0 Å². The number of benzene rings is 1. The third-order valence-corrected chi connectivity index (χ3v) is 2.05. The molecule has 0 saturated carbocycles. The fourth-order valence-corrected chi connectivity index (χ4v) is 1.22. The van der Waals surface area contributed by atoms with Crippen LogP contribution in [0.5, 0.6) is 5.75 Å². The summed E-state index contributed by atoms with van der Waals surface area (Å²) in [5.74, 6) is -0.0373. The van der Waals surface area contributed by atoms with Gasteiger partial charge in [0.1, 0.15) is 0 Å². The lowest BCUT2D eigenvalue weighted by molar-refractivity contribution is 0.234. The Morgan fingerprint density at radius 1 is 1.44 bits per heavy atom. The van der Waals surface area contributed by atoms with E-state index in [1.807, 2.05) is 13.8 Å². The fraction of sp³-hybridized carbons (Fsp3) is 0.455. The molecule has 0 aliphatic heterocycles. The average Bonchev–Trinajstić information content (AvgIpc) is 2.25. The van der Waals surface area contributed by atoms with E-state index in [4.69, 9.17) is 9.39 Å². The van der Waals surface area contributed by atoms with Crippen molar-refractivity contribution in [2.45, 2.75) is 13.8 Å². The van der Waals surface area contributed by atoms with Crippen molar-refractivity contribution in [1.29, 1.82) is 0 Å². The first-order valence-electron chi connectivity index (χ1n) is 5.17. The van der Waals surface area contributed by atoms with E-state index in [0.717, 1.165) is 0 Å². The van der Waals surface area contributed by atoms with E-state index in [2.05, 4.69) is 0 Å². The van der Waals surface area contributed by atoms with Gasteiger partial charge in [0.2, 0.25) is 0 Å². The molecule has 1 N–H and O–H groups in total. The molecule has 1 rings (SSSR count). The standard InChI is InChI=1S/C11H16BFO3/c1-8(2)7-16-12(14)9-4-5-11(15-3)10(13)6-9/h4-6,8,14H,7H2,1-3H3. The SMILES string of the molecule is COc1ccc(B(O)OCC(C)C)cc1F. The van der Waals surface area contributed by atoms with Crippen LogP contribution in [0, 0.1) is 11.7 Å². The molecule has 0 amide bonds. The number of hydrogen-bond donors (Lipinski definition) is 1. The van der Waals surface area contributed by atoms with Crippen LogP contribution in [0.3, 0.4) is 0 Å². The first kappa shape index (κ1) is 13.0. The minimum absolute atomic E-state index is 0.153. The normalized spacial score (nSPS) is 10.6. The van der Waals surface area contributed by atoms with Crippen LogP contribution in [0.1, 0.15) is 13.8 Å². The smallest absolute Gasteiger partial charge is 0.491 e. The van der Waals surface area contributed by atoms with Crippen LogP contribution in [0.2, 0.25) is 0 Å². The molecule has 0 aromatic heterocycles. The van der Waals surface area contributed by atoms with Gasteiger partial charge in [0, 0.05) is 6.61 Å². The summed E-state index contributed by atoms with van der Waals surface area (Å²) in [5, 5.41) is 9.63. The molecule has 3 nitrogen and oxygen atoms in total. The van der Waals surface area contributed by atoms with Crippen molar-refractivity contribution < 1.29 is 18.8 Å². The van der Waals surface area contributed by atoms with E-state index >= 15 is 0 Å². The van der Waals surface area contributed by atoms with Gasteiger partial charge in [-0.05, 0) is 23.5 Å². The topological polar surface area (TPSA) is 38.7 Å². The lowest BCUT2D eigenvalue weighted by Gasteiger charge is -2.11. The molecule has 16 heavy (non-hydrogen) atoms. The summed E-state index contributed by atoms with van der Waals surface area (Å²) in [7, 11) is 0.298. The molecule has 0 aliphatic rings. The minimum Gasteiger partial charge on any atom is -0.494 e. The Morgan fingerprint density at radius 3 is 2.62 bits per heavy atom. The molecule has 0 atom stereocenters. The van der Waals surface area contributed by atoms with E-state index in [1.165, 1.54) is 19.2 Å². The highest BCUT2D eigenvalue weighted by atomic mass is 19.1. The molecule has 88 valence electrons. The van der Waals surface area contributed by atoms with Gasteiger partial charge in [-0.1, -0.05) is 19.9 Å². The monoisotopic (exact) mass is 226 g/mol. The van der Waals surface area contributed by atoms with Crippen LogP contribution in [0.25, 0.3) is 0 Å². The second kappa shape index (κ2) is 5.87. The maximum Gasteiger partial charge on any atom is 0.491 e. The summed E-state index contributed by atoms with van der Waals surface area (Å²) >= 11 is 0. The highest BCUT2D eigenvalue weighted by Crippen LogP contribution is 2.13. The third kappa shape index (κ3) is 3.50. The van der Waals surface area contributed by atoms with Crippen molar-refractivity contribution in [3.05, 3.63) is 24.0 Å². The van der Waals surface area contributed by atoms with Crippen molar-refractivity contribution in [3.63, 3.8) is 0 Å². The van der Waals surface area contributed by atoms with Crippen LogP contribution in [0.15, 0.2) is 18.2 Å². The summed E-state index contributed by atoms with van der Waals surface area (Å²) in [6, 6.07) is 4.25. The molecule has 0 fully saturated rings. The average molecular weight is 226 g/mol. The second-order valence-electron chi connectivity index (χ2n) is 3.97. The lowest BCUT2D eigenvalue weighted by Crippen LogP contribution is -2.35. The van der Waals surface area contributed by atoms with E-state index < -0.39 is 12.9 Å². The summed E-state index contributed by atoms with van der Waals surface area (Å²) in [6.07, 6.45) is 0. The van der Waals surface area contributed by atoms with Crippen LogP contribution < -0.4 is 10.2 Å². The zero-order chi connectivity index (χ0) is 12.1. The van der Waals surface area contributed by atoms with E-state index in [0.29, 0.717) is 18.0 Å². The van der Waals surface area contributed by atoms with Crippen LogP contribution >= 0.6 is 0 Å². The van der Waals surface area contributed by atoms with Gasteiger partial charge in [-0.25, -0.2) is 4.39 Å². The molecule has 0 saturated heterocycles. The fourth-order valence-electron chi connectivity index (χ4n) is 1.22. The summed E-state index contributed by atoms with van der Waals surface area (Å²) in [4.78, 5) is 0.